The highest BCUT2D eigenvalue weighted by atomic mass is 32.2. The second-order valence-corrected chi connectivity index (χ2v) is 9.59. The van der Waals surface area contributed by atoms with E-state index in [0.29, 0.717) is 21.4 Å². The van der Waals surface area contributed by atoms with Crippen molar-refractivity contribution in [2.45, 2.75) is 24.0 Å². The number of nitrogens with zero attached hydrogens (tertiary/aromatic N) is 2. The molecule has 7 heteroatoms. The number of thiophene rings is 1. The smallest absolute Gasteiger partial charge is 0.273 e. The molecule has 1 aromatic heterocycles. The van der Waals surface area contributed by atoms with Crippen molar-refractivity contribution < 1.29 is 13.2 Å². The van der Waals surface area contributed by atoms with Crippen LogP contribution in [-0.4, -0.2) is 39.4 Å². The normalized spacial score (nSPS) is 18.2. The molecule has 1 aliphatic rings. The molecule has 25 heavy (non-hydrogen) atoms. The highest BCUT2D eigenvalue weighted by molar-refractivity contribution is 7.94. The number of hydrogen-bond donors (Lipinski definition) is 0. The summed E-state index contributed by atoms with van der Waals surface area (Å²) in [6.07, 6.45) is 2.20. The summed E-state index contributed by atoms with van der Waals surface area (Å²) in [5.41, 5.74) is 1.14. The predicted molar refractivity (Wildman–Crippen MR) is 101 cm³/mol. The van der Waals surface area contributed by atoms with Gasteiger partial charge in [-0.05, 0) is 54.5 Å². The molecular weight excluding hydrogens is 356 g/mol. The van der Waals surface area contributed by atoms with E-state index in [1.165, 1.54) is 22.7 Å². The fourth-order valence-corrected chi connectivity index (χ4v) is 5.41. The van der Waals surface area contributed by atoms with Crippen molar-refractivity contribution in [1.82, 2.24) is 4.90 Å². The third-order valence-corrected chi connectivity index (χ3v) is 7.69. The second kappa shape index (κ2) is 7.17. The summed E-state index contributed by atoms with van der Waals surface area (Å²) in [6.45, 7) is 3.73. The monoisotopic (exact) mass is 378 g/mol. The minimum absolute atomic E-state index is 0.0156. The third-order valence-electron chi connectivity index (χ3n) is 4.53. The van der Waals surface area contributed by atoms with Crippen LogP contribution in [0.4, 0.5) is 5.69 Å². The van der Waals surface area contributed by atoms with Crippen molar-refractivity contribution >= 4 is 33.0 Å². The Kier molecular flexibility index (Phi) is 5.15. The predicted octanol–water partition coefficient (Wildman–Crippen LogP) is 3.45. The molecule has 0 spiro atoms. The standard InChI is InChI=1S/C18H22N2O3S2/c1-14-5-3-11-20(13-14)18(21)15-7-9-16(10-8-15)19(2)25(22,23)17-6-4-12-24-17/h4,6-10,12,14H,3,5,11,13H2,1-2H3/t14-/m0/s1. The molecule has 0 unspecified atom stereocenters. The summed E-state index contributed by atoms with van der Waals surface area (Å²) >= 11 is 1.19. The van der Waals surface area contributed by atoms with E-state index in [4.69, 9.17) is 0 Å². The van der Waals surface area contributed by atoms with Gasteiger partial charge in [0.25, 0.3) is 15.9 Å². The Labute approximate surface area is 152 Å². The molecule has 0 N–H and O–H groups in total. The lowest BCUT2D eigenvalue weighted by atomic mass is 9.99. The van der Waals surface area contributed by atoms with Gasteiger partial charge < -0.3 is 4.90 Å². The number of carbonyl (C=O) groups excluding carboxylic acids is 1. The highest BCUT2D eigenvalue weighted by Crippen LogP contribution is 2.26. The first-order chi connectivity index (χ1) is 11.9. The van der Waals surface area contributed by atoms with Gasteiger partial charge in [0.2, 0.25) is 0 Å². The molecular formula is C18H22N2O3S2. The van der Waals surface area contributed by atoms with Gasteiger partial charge in [0.15, 0.2) is 0 Å². The van der Waals surface area contributed by atoms with E-state index >= 15 is 0 Å². The summed E-state index contributed by atoms with van der Waals surface area (Å²) in [5, 5.41) is 1.74. The Morgan fingerprint density at radius 3 is 2.56 bits per heavy atom. The van der Waals surface area contributed by atoms with Gasteiger partial charge in [-0.2, -0.15) is 0 Å². The highest BCUT2D eigenvalue weighted by Gasteiger charge is 2.24. The summed E-state index contributed by atoms with van der Waals surface area (Å²) in [4.78, 5) is 14.5. The molecule has 1 aliphatic heterocycles. The SMILES string of the molecule is C[C@H]1CCCN(C(=O)c2ccc(N(C)S(=O)(=O)c3cccs3)cc2)C1. The van der Waals surface area contributed by atoms with Gasteiger partial charge in [-0.3, -0.25) is 9.10 Å². The molecule has 134 valence electrons. The Morgan fingerprint density at radius 1 is 1.24 bits per heavy atom. The molecule has 0 bridgehead atoms. The van der Waals surface area contributed by atoms with E-state index in [1.54, 1.807) is 41.8 Å². The Balaban J connectivity index is 1.77. The van der Waals surface area contributed by atoms with Crippen molar-refractivity contribution in [3.05, 3.63) is 47.3 Å². The van der Waals surface area contributed by atoms with Crippen LogP contribution in [0.5, 0.6) is 0 Å². The number of likely N-dealkylation sites (tertiary alicyclic amines) is 1. The largest absolute Gasteiger partial charge is 0.338 e. The minimum atomic E-state index is -3.55. The molecule has 5 nitrogen and oxygen atoms in total. The third kappa shape index (κ3) is 3.72. The van der Waals surface area contributed by atoms with Gasteiger partial charge in [-0.25, -0.2) is 8.42 Å². The zero-order valence-corrected chi connectivity index (χ0v) is 16.0. The van der Waals surface area contributed by atoms with Gasteiger partial charge in [0.1, 0.15) is 4.21 Å². The van der Waals surface area contributed by atoms with E-state index in [-0.39, 0.29) is 5.91 Å². The van der Waals surface area contributed by atoms with Crippen molar-refractivity contribution in [3.63, 3.8) is 0 Å². The lowest BCUT2D eigenvalue weighted by Crippen LogP contribution is -2.39. The lowest BCUT2D eigenvalue weighted by molar-refractivity contribution is 0.0683. The second-order valence-electron chi connectivity index (χ2n) is 6.45. The summed E-state index contributed by atoms with van der Waals surface area (Å²) in [5.74, 6) is 0.543. The van der Waals surface area contributed by atoms with Crippen LogP contribution >= 0.6 is 11.3 Å². The molecule has 2 aromatic rings. The van der Waals surface area contributed by atoms with E-state index in [2.05, 4.69) is 6.92 Å². The molecule has 1 aromatic carbocycles. The number of anilines is 1. The topological polar surface area (TPSA) is 57.7 Å². The van der Waals surface area contributed by atoms with Crippen LogP contribution in [0.1, 0.15) is 30.1 Å². The first-order valence-corrected chi connectivity index (χ1v) is 10.6. The quantitative estimate of drug-likeness (QED) is 0.819. The molecule has 1 fully saturated rings. The average Bonchev–Trinajstić information content (AvgIpc) is 3.16. The molecule has 3 rings (SSSR count). The molecule has 1 atom stereocenters. The van der Waals surface area contributed by atoms with E-state index in [0.717, 1.165) is 25.9 Å². The maximum absolute atomic E-state index is 12.6. The van der Waals surface area contributed by atoms with Crippen LogP contribution in [0.2, 0.25) is 0 Å². The fraction of sp³-hybridized carbons (Fsp3) is 0.389. The number of sulfonamides is 1. The molecule has 0 radical (unpaired) electrons. The van der Waals surface area contributed by atoms with Crippen LogP contribution < -0.4 is 4.31 Å². The maximum atomic E-state index is 12.6. The van der Waals surface area contributed by atoms with Crippen molar-refractivity contribution in [2.75, 3.05) is 24.4 Å². The number of rotatable bonds is 4. The molecule has 2 heterocycles. The van der Waals surface area contributed by atoms with E-state index < -0.39 is 10.0 Å². The number of piperidine rings is 1. The summed E-state index contributed by atoms with van der Waals surface area (Å²) in [6, 6.07) is 10.1. The van der Waals surface area contributed by atoms with Crippen molar-refractivity contribution in [1.29, 1.82) is 0 Å². The Morgan fingerprint density at radius 2 is 1.96 bits per heavy atom. The van der Waals surface area contributed by atoms with Crippen molar-refractivity contribution in [2.24, 2.45) is 5.92 Å². The number of benzene rings is 1. The van der Waals surface area contributed by atoms with Gasteiger partial charge >= 0.3 is 0 Å². The number of hydrogen-bond acceptors (Lipinski definition) is 4. The fourth-order valence-electron chi connectivity index (χ4n) is 3.05. The first-order valence-electron chi connectivity index (χ1n) is 8.31. The number of carbonyl (C=O) groups is 1. The summed E-state index contributed by atoms with van der Waals surface area (Å²) < 4.78 is 26.7. The van der Waals surface area contributed by atoms with Gasteiger partial charge in [0, 0.05) is 25.7 Å². The van der Waals surface area contributed by atoms with Crippen LogP contribution in [-0.2, 0) is 10.0 Å². The Bertz CT molecular complexity index is 830. The lowest BCUT2D eigenvalue weighted by Gasteiger charge is -2.31. The van der Waals surface area contributed by atoms with Crippen LogP contribution in [0.15, 0.2) is 46.0 Å². The zero-order valence-electron chi connectivity index (χ0n) is 14.4. The molecule has 0 aliphatic carbocycles. The van der Waals surface area contributed by atoms with Gasteiger partial charge in [-0.1, -0.05) is 13.0 Å². The molecule has 1 amide bonds. The van der Waals surface area contributed by atoms with E-state index in [1.807, 2.05) is 4.90 Å². The van der Waals surface area contributed by atoms with Crippen LogP contribution in [0, 0.1) is 5.92 Å². The zero-order chi connectivity index (χ0) is 18.0. The first kappa shape index (κ1) is 17.9. The summed E-state index contributed by atoms with van der Waals surface area (Å²) in [7, 11) is -2.03. The van der Waals surface area contributed by atoms with Gasteiger partial charge in [-0.15, -0.1) is 11.3 Å². The number of amides is 1. The molecule has 1 saturated heterocycles. The van der Waals surface area contributed by atoms with Gasteiger partial charge in [0.05, 0.1) is 5.69 Å². The maximum Gasteiger partial charge on any atom is 0.273 e. The molecule has 0 saturated carbocycles. The van der Waals surface area contributed by atoms with Crippen LogP contribution in [0.25, 0.3) is 0 Å². The Hall–Kier alpha value is -1.86. The van der Waals surface area contributed by atoms with Crippen molar-refractivity contribution in [3.8, 4) is 0 Å². The average molecular weight is 379 g/mol. The minimum Gasteiger partial charge on any atom is -0.338 e. The van der Waals surface area contributed by atoms with E-state index in [9.17, 15) is 13.2 Å². The van der Waals surface area contributed by atoms with Crippen LogP contribution in [0.3, 0.4) is 0 Å².